The van der Waals surface area contributed by atoms with Crippen molar-refractivity contribution in [1.29, 1.82) is 0 Å². The topological polar surface area (TPSA) is 35.2 Å². The van der Waals surface area contributed by atoms with E-state index in [1.54, 1.807) is 0 Å². The Labute approximate surface area is 63.7 Å². The number of rotatable bonds is 6. The van der Waals surface area contributed by atoms with Crippen molar-refractivity contribution in [3.8, 4) is 0 Å². The fourth-order valence-corrected chi connectivity index (χ4v) is 0.606. The third-order valence-corrected chi connectivity index (χ3v) is 1.33. The first-order valence-electron chi connectivity index (χ1n) is 4.05. The third-order valence-electron chi connectivity index (χ3n) is 1.33. The minimum absolute atomic E-state index is 0.738. The molecule has 0 aliphatic heterocycles. The Morgan fingerprint density at radius 3 is 2.50 bits per heavy atom. The number of ether oxygens (including phenoxy) is 1. The number of nitrogens with two attached hydrogens (primary N) is 1. The van der Waals surface area contributed by atoms with Gasteiger partial charge in [0, 0.05) is 13.2 Å². The van der Waals surface area contributed by atoms with Gasteiger partial charge in [-0.25, -0.2) is 0 Å². The van der Waals surface area contributed by atoms with Gasteiger partial charge in [0.25, 0.3) is 0 Å². The second kappa shape index (κ2) is 7.03. The van der Waals surface area contributed by atoms with Crippen molar-refractivity contribution in [2.45, 2.75) is 26.7 Å². The normalized spacial score (nSPS) is 10.8. The van der Waals surface area contributed by atoms with Crippen molar-refractivity contribution in [2.24, 2.45) is 11.7 Å². The van der Waals surface area contributed by atoms with Gasteiger partial charge in [-0.05, 0) is 25.3 Å². The molecule has 0 atom stereocenters. The maximum Gasteiger partial charge on any atom is 0.0478 e. The number of hydrogen-bond acceptors (Lipinski definition) is 2. The van der Waals surface area contributed by atoms with Crippen LogP contribution in [-0.4, -0.2) is 19.8 Å². The number of hydrogen-bond donors (Lipinski definition) is 1. The van der Waals surface area contributed by atoms with Gasteiger partial charge in [0.2, 0.25) is 0 Å². The minimum atomic E-state index is 0.738. The Bertz CT molecular complexity index is 64.3. The first-order chi connectivity index (χ1) is 4.77. The quantitative estimate of drug-likeness (QED) is 0.573. The first kappa shape index (κ1) is 9.92. The van der Waals surface area contributed by atoms with E-state index < -0.39 is 0 Å². The Morgan fingerprint density at radius 2 is 2.00 bits per heavy atom. The van der Waals surface area contributed by atoms with E-state index in [0.717, 1.165) is 38.5 Å². The molecule has 0 aromatic carbocycles. The van der Waals surface area contributed by atoms with Crippen LogP contribution in [0.2, 0.25) is 0 Å². The van der Waals surface area contributed by atoms with Crippen molar-refractivity contribution >= 4 is 0 Å². The van der Waals surface area contributed by atoms with Crippen LogP contribution in [0, 0.1) is 5.92 Å². The summed E-state index contributed by atoms with van der Waals surface area (Å²) in [6, 6.07) is 0. The van der Waals surface area contributed by atoms with Crippen LogP contribution in [0.1, 0.15) is 26.7 Å². The van der Waals surface area contributed by atoms with Crippen molar-refractivity contribution in [3.63, 3.8) is 0 Å². The molecule has 0 saturated carbocycles. The summed E-state index contributed by atoms with van der Waals surface area (Å²) in [5.74, 6) is 0.748. The third kappa shape index (κ3) is 7.92. The molecule has 0 aliphatic carbocycles. The highest BCUT2D eigenvalue weighted by molar-refractivity contribution is 4.43. The summed E-state index contributed by atoms with van der Waals surface area (Å²) < 4.78 is 5.30. The van der Waals surface area contributed by atoms with Crippen molar-refractivity contribution < 1.29 is 4.74 Å². The molecule has 0 heterocycles. The highest BCUT2D eigenvalue weighted by Crippen LogP contribution is 1.98. The van der Waals surface area contributed by atoms with E-state index in [1.165, 1.54) is 0 Å². The maximum atomic E-state index is 5.30. The van der Waals surface area contributed by atoms with E-state index in [2.05, 4.69) is 13.8 Å². The molecule has 0 bridgehead atoms. The van der Waals surface area contributed by atoms with Crippen LogP contribution in [-0.2, 0) is 4.74 Å². The summed E-state index contributed by atoms with van der Waals surface area (Å²) >= 11 is 0. The maximum absolute atomic E-state index is 5.30. The highest BCUT2D eigenvalue weighted by Gasteiger charge is 1.92. The van der Waals surface area contributed by atoms with Crippen molar-refractivity contribution in [2.75, 3.05) is 19.8 Å². The lowest BCUT2D eigenvalue weighted by atomic mass is 10.1. The van der Waals surface area contributed by atoms with Crippen LogP contribution < -0.4 is 5.73 Å². The largest absolute Gasteiger partial charge is 0.381 e. The minimum Gasteiger partial charge on any atom is -0.381 e. The van der Waals surface area contributed by atoms with E-state index in [-0.39, 0.29) is 0 Å². The molecule has 0 spiro atoms. The Morgan fingerprint density at radius 1 is 1.30 bits per heavy atom. The van der Waals surface area contributed by atoms with Gasteiger partial charge in [-0.3, -0.25) is 0 Å². The Hall–Kier alpha value is -0.0800. The van der Waals surface area contributed by atoms with E-state index in [1.807, 2.05) is 0 Å². The molecule has 0 aliphatic rings. The van der Waals surface area contributed by atoms with Crippen molar-refractivity contribution in [1.82, 2.24) is 0 Å². The Kier molecular flexibility index (Phi) is 6.98. The summed E-state index contributed by atoms with van der Waals surface area (Å²) in [7, 11) is 0. The Balaban J connectivity index is 2.77. The van der Waals surface area contributed by atoms with Crippen LogP contribution in [0.5, 0.6) is 0 Å². The molecule has 62 valence electrons. The molecule has 0 unspecified atom stereocenters. The predicted octanol–water partition coefficient (Wildman–Crippen LogP) is 1.40. The van der Waals surface area contributed by atoms with Gasteiger partial charge in [0.05, 0.1) is 0 Å². The van der Waals surface area contributed by atoms with Gasteiger partial charge in [-0.2, -0.15) is 0 Å². The van der Waals surface area contributed by atoms with Gasteiger partial charge >= 0.3 is 0 Å². The predicted molar refractivity (Wildman–Crippen MR) is 43.9 cm³/mol. The van der Waals surface area contributed by atoms with Crippen LogP contribution in [0.15, 0.2) is 0 Å². The summed E-state index contributed by atoms with van der Waals surface area (Å²) in [6.07, 6.45) is 2.14. The first-order valence-corrected chi connectivity index (χ1v) is 4.05. The zero-order valence-corrected chi connectivity index (χ0v) is 7.10. The fraction of sp³-hybridized carbons (Fsp3) is 1.00. The molecule has 0 radical (unpaired) electrons. The molecule has 2 heteroatoms. The monoisotopic (exact) mass is 145 g/mol. The molecule has 0 fully saturated rings. The van der Waals surface area contributed by atoms with Crippen molar-refractivity contribution in [3.05, 3.63) is 0 Å². The molecule has 0 aromatic rings. The lowest BCUT2D eigenvalue weighted by Crippen LogP contribution is -2.06. The lowest BCUT2D eigenvalue weighted by Gasteiger charge is -2.04. The van der Waals surface area contributed by atoms with E-state index >= 15 is 0 Å². The van der Waals surface area contributed by atoms with Crippen LogP contribution >= 0.6 is 0 Å². The zero-order chi connectivity index (χ0) is 7.82. The summed E-state index contributed by atoms with van der Waals surface area (Å²) in [4.78, 5) is 0. The van der Waals surface area contributed by atoms with Gasteiger partial charge in [-0.15, -0.1) is 0 Å². The van der Waals surface area contributed by atoms with Gasteiger partial charge in [-0.1, -0.05) is 13.8 Å². The SMILES string of the molecule is CC(C)CCOCCCN. The van der Waals surface area contributed by atoms with E-state index in [9.17, 15) is 0 Å². The lowest BCUT2D eigenvalue weighted by molar-refractivity contribution is 0.123. The summed E-state index contributed by atoms with van der Waals surface area (Å²) in [5, 5.41) is 0. The summed E-state index contributed by atoms with van der Waals surface area (Å²) in [5.41, 5.74) is 5.29. The second-order valence-corrected chi connectivity index (χ2v) is 2.94. The smallest absolute Gasteiger partial charge is 0.0478 e. The zero-order valence-electron chi connectivity index (χ0n) is 7.10. The highest BCUT2D eigenvalue weighted by atomic mass is 16.5. The average molecular weight is 145 g/mol. The van der Waals surface area contributed by atoms with Crippen LogP contribution in [0.3, 0.4) is 0 Å². The molecule has 2 N–H and O–H groups in total. The average Bonchev–Trinajstić information content (AvgIpc) is 1.87. The van der Waals surface area contributed by atoms with E-state index in [0.29, 0.717) is 0 Å². The fourth-order valence-electron chi connectivity index (χ4n) is 0.606. The van der Waals surface area contributed by atoms with Gasteiger partial charge < -0.3 is 10.5 Å². The molecular weight excluding hydrogens is 126 g/mol. The van der Waals surface area contributed by atoms with E-state index in [4.69, 9.17) is 10.5 Å². The molecule has 0 amide bonds. The molecule has 10 heavy (non-hydrogen) atoms. The van der Waals surface area contributed by atoms with Crippen LogP contribution in [0.4, 0.5) is 0 Å². The summed E-state index contributed by atoms with van der Waals surface area (Å²) in [6.45, 7) is 6.85. The molecule has 0 saturated heterocycles. The molecule has 0 rings (SSSR count). The second-order valence-electron chi connectivity index (χ2n) is 2.94. The standard InChI is InChI=1S/C8H19NO/c1-8(2)4-7-10-6-3-5-9/h8H,3-7,9H2,1-2H3. The molecular formula is C8H19NO. The molecule has 0 aromatic heterocycles. The van der Waals surface area contributed by atoms with Gasteiger partial charge in [0.15, 0.2) is 0 Å². The van der Waals surface area contributed by atoms with Crippen LogP contribution in [0.25, 0.3) is 0 Å². The van der Waals surface area contributed by atoms with Gasteiger partial charge in [0.1, 0.15) is 0 Å². The molecule has 2 nitrogen and oxygen atoms in total.